The van der Waals surface area contributed by atoms with Crippen molar-refractivity contribution in [1.82, 2.24) is 19.9 Å². The molecule has 0 aliphatic heterocycles. The first-order valence-electron chi connectivity index (χ1n) is 13.9. The van der Waals surface area contributed by atoms with Crippen LogP contribution in [0.3, 0.4) is 0 Å². The van der Waals surface area contributed by atoms with Crippen molar-refractivity contribution in [3.05, 3.63) is 158 Å². The molecular formula is C38H26N4. The van der Waals surface area contributed by atoms with Crippen LogP contribution in [-0.2, 0) is 0 Å². The molecule has 4 nitrogen and oxygen atoms in total. The summed E-state index contributed by atoms with van der Waals surface area (Å²) < 4.78 is 0. The molecule has 0 fully saturated rings. The zero-order valence-electron chi connectivity index (χ0n) is 22.8. The van der Waals surface area contributed by atoms with Gasteiger partial charge in [-0.25, -0.2) is 15.0 Å². The Labute approximate surface area is 245 Å². The smallest absolute Gasteiger partial charge is 0.164 e. The van der Waals surface area contributed by atoms with Gasteiger partial charge in [0, 0.05) is 34.6 Å². The van der Waals surface area contributed by atoms with Crippen molar-refractivity contribution in [2.45, 2.75) is 0 Å². The number of hydrogen-bond donors (Lipinski definition) is 0. The Morgan fingerprint density at radius 1 is 0.286 bits per heavy atom. The van der Waals surface area contributed by atoms with E-state index in [0.29, 0.717) is 17.5 Å². The van der Waals surface area contributed by atoms with Crippen molar-refractivity contribution in [3.63, 3.8) is 0 Å². The zero-order chi connectivity index (χ0) is 28.1. The molecule has 0 saturated heterocycles. The summed E-state index contributed by atoms with van der Waals surface area (Å²) in [6.07, 6.45) is 3.69. The molecule has 7 rings (SSSR count). The van der Waals surface area contributed by atoms with E-state index in [1.807, 2.05) is 79.0 Å². The first-order valence-corrected chi connectivity index (χ1v) is 13.9. The van der Waals surface area contributed by atoms with Crippen molar-refractivity contribution in [3.8, 4) is 67.5 Å². The number of hydrogen-bond acceptors (Lipinski definition) is 4. The fourth-order valence-electron chi connectivity index (χ4n) is 5.07. The van der Waals surface area contributed by atoms with Crippen LogP contribution < -0.4 is 0 Å². The van der Waals surface area contributed by atoms with Crippen LogP contribution in [0.25, 0.3) is 67.5 Å². The molecule has 42 heavy (non-hydrogen) atoms. The maximum atomic E-state index is 5.00. The van der Waals surface area contributed by atoms with E-state index in [1.165, 1.54) is 0 Å². The van der Waals surface area contributed by atoms with Gasteiger partial charge < -0.3 is 0 Å². The molecule has 0 unspecified atom stereocenters. The van der Waals surface area contributed by atoms with Crippen LogP contribution in [0, 0.1) is 0 Å². The Bertz CT molecular complexity index is 1900. The van der Waals surface area contributed by atoms with Crippen LogP contribution >= 0.6 is 0 Å². The standard InChI is InChI=1S/C38H26N4/c1-4-12-27(13-5-1)33-23-34(31-19-10-18-30(22-31)32-20-11-21-39-26-32)25-35(24-33)38-41-36(28-14-6-2-7-15-28)40-37(42-38)29-16-8-3-9-17-29/h1-26H. The number of benzene rings is 5. The van der Waals surface area contributed by atoms with E-state index in [4.69, 9.17) is 15.0 Å². The summed E-state index contributed by atoms with van der Waals surface area (Å²) in [5.41, 5.74) is 9.43. The Balaban J connectivity index is 1.43. The molecule has 2 aromatic heterocycles. The van der Waals surface area contributed by atoms with Crippen LogP contribution in [0.4, 0.5) is 0 Å². The fraction of sp³-hybridized carbons (Fsp3) is 0. The monoisotopic (exact) mass is 538 g/mol. The average Bonchev–Trinajstić information content (AvgIpc) is 3.09. The highest BCUT2D eigenvalue weighted by molar-refractivity contribution is 5.82. The SMILES string of the molecule is c1ccc(-c2cc(-c3cccc(-c4cccnc4)c3)cc(-c3nc(-c4ccccc4)nc(-c4ccccc4)n3)c2)cc1. The Kier molecular flexibility index (Phi) is 6.85. The second-order valence-corrected chi connectivity index (χ2v) is 10.0. The van der Waals surface area contributed by atoms with Gasteiger partial charge in [0.2, 0.25) is 0 Å². The van der Waals surface area contributed by atoms with Gasteiger partial charge in [-0.15, -0.1) is 0 Å². The molecule has 0 spiro atoms. The van der Waals surface area contributed by atoms with Gasteiger partial charge in [0.05, 0.1) is 0 Å². The first-order chi connectivity index (χ1) is 20.8. The largest absolute Gasteiger partial charge is 0.264 e. The molecule has 2 heterocycles. The van der Waals surface area contributed by atoms with Crippen molar-refractivity contribution in [1.29, 1.82) is 0 Å². The van der Waals surface area contributed by atoms with Crippen molar-refractivity contribution >= 4 is 0 Å². The predicted octanol–water partition coefficient (Wildman–Crippen LogP) is 9.27. The van der Waals surface area contributed by atoms with Crippen LogP contribution in [-0.4, -0.2) is 19.9 Å². The third kappa shape index (κ3) is 5.34. The van der Waals surface area contributed by atoms with Gasteiger partial charge in [0.1, 0.15) is 0 Å². The van der Waals surface area contributed by atoms with Gasteiger partial charge in [0.25, 0.3) is 0 Å². The van der Waals surface area contributed by atoms with Gasteiger partial charge in [-0.2, -0.15) is 0 Å². The quantitative estimate of drug-likeness (QED) is 0.212. The van der Waals surface area contributed by atoms with E-state index < -0.39 is 0 Å². The summed E-state index contributed by atoms with van der Waals surface area (Å²) in [7, 11) is 0. The van der Waals surface area contributed by atoms with E-state index in [1.54, 1.807) is 6.20 Å². The highest BCUT2D eigenvalue weighted by Gasteiger charge is 2.15. The lowest BCUT2D eigenvalue weighted by Crippen LogP contribution is -2.00. The predicted molar refractivity (Wildman–Crippen MR) is 170 cm³/mol. The molecule has 0 atom stereocenters. The van der Waals surface area contributed by atoms with Crippen LogP contribution in [0.15, 0.2) is 158 Å². The number of nitrogens with zero attached hydrogens (tertiary/aromatic N) is 4. The zero-order valence-corrected chi connectivity index (χ0v) is 22.8. The van der Waals surface area contributed by atoms with Gasteiger partial charge >= 0.3 is 0 Å². The molecule has 0 N–H and O–H groups in total. The van der Waals surface area contributed by atoms with Crippen LogP contribution in [0.1, 0.15) is 0 Å². The normalized spacial score (nSPS) is 10.9. The van der Waals surface area contributed by atoms with E-state index in [9.17, 15) is 0 Å². The highest BCUT2D eigenvalue weighted by Crippen LogP contribution is 2.34. The minimum absolute atomic E-state index is 0.630. The fourth-order valence-corrected chi connectivity index (χ4v) is 5.07. The third-order valence-electron chi connectivity index (χ3n) is 7.19. The molecule has 0 radical (unpaired) electrons. The van der Waals surface area contributed by atoms with E-state index in [-0.39, 0.29) is 0 Å². The van der Waals surface area contributed by atoms with E-state index >= 15 is 0 Å². The summed E-state index contributed by atoms with van der Waals surface area (Å²) >= 11 is 0. The second kappa shape index (κ2) is 11.4. The Hall–Kier alpha value is -5.74. The molecule has 5 aromatic carbocycles. The van der Waals surface area contributed by atoms with Crippen LogP contribution in [0.5, 0.6) is 0 Å². The Morgan fingerprint density at radius 3 is 1.24 bits per heavy atom. The number of rotatable bonds is 6. The summed E-state index contributed by atoms with van der Waals surface area (Å²) in [5, 5.41) is 0. The number of aromatic nitrogens is 4. The highest BCUT2D eigenvalue weighted by atomic mass is 15.0. The lowest BCUT2D eigenvalue weighted by molar-refractivity contribution is 1.07. The summed E-state index contributed by atoms with van der Waals surface area (Å²) in [5.74, 6) is 1.92. The van der Waals surface area contributed by atoms with Gasteiger partial charge in [-0.05, 0) is 58.1 Å². The van der Waals surface area contributed by atoms with Crippen molar-refractivity contribution in [2.24, 2.45) is 0 Å². The van der Waals surface area contributed by atoms with E-state index in [2.05, 4.69) is 77.8 Å². The third-order valence-corrected chi connectivity index (χ3v) is 7.19. The van der Waals surface area contributed by atoms with Crippen molar-refractivity contribution < 1.29 is 0 Å². The molecule has 198 valence electrons. The van der Waals surface area contributed by atoms with E-state index in [0.717, 1.165) is 50.1 Å². The lowest BCUT2D eigenvalue weighted by Gasteiger charge is -2.13. The molecule has 0 aliphatic carbocycles. The molecule has 0 aliphatic rings. The number of pyridine rings is 1. The molecule has 4 heteroatoms. The summed E-state index contributed by atoms with van der Waals surface area (Å²) in [6, 6.07) is 49.8. The molecule has 7 aromatic rings. The topological polar surface area (TPSA) is 51.6 Å². The van der Waals surface area contributed by atoms with Gasteiger partial charge in [-0.1, -0.05) is 115 Å². The minimum atomic E-state index is 0.630. The summed E-state index contributed by atoms with van der Waals surface area (Å²) in [4.78, 5) is 19.2. The molecule has 0 amide bonds. The second-order valence-electron chi connectivity index (χ2n) is 10.0. The summed E-state index contributed by atoms with van der Waals surface area (Å²) in [6.45, 7) is 0. The maximum Gasteiger partial charge on any atom is 0.164 e. The van der Waals surface area contributed by atoms with Crippen molar-refractivity contribution in [2.75, 3.05) is 0 Å². The van der Waals surface area contributed by atoms with Crippen LogP contribution in [0.2, 0.25) is 0 Å². The van der Waals surface area contributed by atoms with Gasteiger partial charge in [0.15, 0.2) is 17.5 Å². The minimum Gasteiger partial charge on any atom is -0.264 e. The van der Waals surface area contributed by atoms with Gasteiger partial charge in [-0.3, -0.25) is 4.98 Å². The first kappa shape index (κ1) is 25.2. The molecular weight excluding hydrogens is 512 g/mol. The molecule has 0 bridgehead atoms. The Morgan fingerprint density at radius 2 is 0.690 bits per heavy atom. The maximum absolute atomic E-state index is 5.00. The molecule has 0 saturated carbocycles. The average molecular weight is 539 g/mol. The lowest BCUT2D eigenvalue weighted by atomic mass is 9.94.